The fraction of sp³-hybridized carbons (Fsp3) is 0. The molecule has 3 aromatic rings. The van der Waals surface area contributed by atoms with Gasteiger partial charge in [0.1, 0.15) is 10.5 Å². The predicted molar refractivity (Wildman–Crippen MR) is 72.5 cm³/mol. The summed E-state index contributed by atoms with van der Waals surface area (Å²) in [6, 6.07) is 2.77. The number of aromatic amines is 1. The molecule has 2 aromatic heterocycles. The minimum atomic E-state index is -1.38. The number of hydrogen-bond donors (Lipinski definition) is 1. The van der Waals surface area contributed by atoms with E-state index >= 15 is 0 Å². The lowest BCUT2D eigenvalue weighted by Crippen LogP contribution is -2.21. The average molecular weight is 314 g/mol. The zero-order valence-electron chi connectivity index (χ0n) is 9.62. The summed E-state index contributed by atoms with van der Waals surface area (Å²) in [5.74, 6) is -3.71. The first kappa shape index (κ1) is 13.1. The van der Waals surface area contributed by atoms with Crippen LogP contribution in [0.1, 0.15) is 0 Å². The first-order chi connectivity index (χ1) is 9.49. The average Bonchev–Trinajstić information content (AvgIpc) is 2.83. The Hall–Kier alpha value is -1.93. The van der Waals surface area contributed by atoms with E-state index in [4.69, 9.17) is 12.2 Å². The fourth-order valence-electron chi connectivity index (χ4n) is 1.86. The van der Waals surface area contributed by atoms with E-state index in [2.05, 4.69) is 4.98 Å². The lowest BCUT2D eigenvalue weighted by atomic mass is 10.2. The third-order valence-corrected chi connectivity index (χ3v) is 3.91. The Balaban J connectivity index is 2.47. The maximum Gasteiger partial charge on any atom is 0.276 e. The fourth-order valence-corrected chi connectivity index (χ4v) is 2.93. The normalized spacial score (nSPS) is 11.2. The summed E-state index contributed by atoms with van der Waals surface area (Å²) in [6.45, 7) is 0. The smallest absolute Gasteiger partial charge is 0.276 e. The van der Waals surface area contributed by atoms with Crippen molar-refractivity contribution >= 4 is 33.8 Å². The summed E-state index contributed by atoms with van der Waals surface area (Å²) in [6.07, 6.45) is 0. The first-order valence-corrected chi connectivity index (χ1v) is 6.65. The zero-order valence-corrected chi connectivity index (χ0v) is 11.2. The molecular weight excluding hydrogens is 309 g/mol. The molecule has 0 aliphatic carbocycles. The van der Waals surface area contributed by atoms with Gasteiger partial charge in [0.05, 0.1) is 11.2 Å². The van der Waals surface area contributed by atoms with Crippen LogP contribution in [-0.2, 0) is 0 Å². The summed E-state index contributed by atoms with van der Waals surface area (Å²) in [5.41, 5.74) is -0.676. The number of nitrogens with zero attached hydrogens (tertiary/aromatic N) is 1. The molecule has 0 bridgehead atoms. The minimum absolute atomic E-state index is 0.134. The van der Waals surface area contributed by atoms with Crippen molar-refractivity contribution in [2.45, 2.75) is 0 Å². The van der Waals surface area contributed by atoms with Crippen molar-refractivity contribution in [3.63, 3.8) is 0 Å². The van der Waals surface area contributed by atoms with Crippen LogP contribution in [0.25, 0.3) is 15.9 Å². The van der Waals surface area contributed by atoms with Gasteiger partial charge in [-0.3, -0.25) is 4.79 Å². The Labute approximate surface area is 118 Å². The van der Waals surface area contributed by atoms with Crippen LogP contribution in [-0.4, -0.2) is 9.55 Å². The summed E-state index contributed by atoms with van der Waals surface area (Å²) in [7, 11) is 0. The highest BCUT2D eigenvalue weighted by Gasteiger charge is 2.16. The van der Waals surface area contributed by atoms with Gasteiger partial charge in [-0.15, -0.1) is 11.3 Å². The highest BCUT2D eigenvalue weighted by molar-refractivity contribution is 7.71. The molecule has 0 aliphatic heterocycles. The first-order valence-electron chi connectivity index (χ1n) is 5.36. The molecule has 8 heteroatoms. The zero-order chi connectivity index (χ0) is 14.4. The van der Waals surface area contributed by atoms with Gasteiger partial charge in [0, 0.05) is 12.1 Å². The lowest BCUT2D eigenvalue weighted by Gasteiger charge is -2.08. The van der Waals surface area contributed by atoms with Crippen molar-refractivity contribution in [2.75, 3.05) is 0 Å². The third kappa shape index (κ3) is 1.88. The van der Waals surface area contributed by atoms with Crippen LogP contribution in [0.2, 0.25) is 0 Å². The Kier molecular flexibility index (Phi) is 2.98. The van der Waals surface area contributed by atoms with Crippen molar-refractivity contribution in [3.05, 3.63) is 56.2 Å². The van der Waals surface area contributed by atoms with Crippen LogP contribution >= 0.6 is 23.6 Å². The predicted octanol–water partition coefficient (Wildman–Crippen LogP) is 3.53. The van der Waals surface area contributed by atoms with Crippen LogP contribution in [0, 0.1) is 22.2 Å². The van der Waals surface area contributed by atoms with E-state index in [1.807, 2.05) is 0 Å². The molecule has 0 unspecified atom stereocenters. The van der Waals surface area contributed by atoms with Crippen LogP contribution in [0.15, 0.2) is 28.4 Å². The number of fused-ring (bicyclic) bond motifs is 1. The van der Waals surface area contributed by atoms with Crippen LogP contribution in [0.4, 0.5) is 13.2 Å². The van der Waals surface area contributed by atoms with Crippen molar-refractivity contribution in [1.29, 1.82) is 0 Å². The van der Waals surface area contributed by atoms with Gasteiger partial charge in [0.2, 0.25) is 0 Å². The Bertz CT molecular complexity index is 942. The topological polar surface area (TPSA) is 37.8 Å². The van der Waals surface area contributed by atoms with E-state index in [-0.39, 0.29) is 4.77 Å². The maximum absolute atomic E-state index is 13.8. The molecule has 102 valence electrons. The molecule has 3 rings (SSSR count). The second kappa shape index (κ2) is 4.57. The number of halogens is 3. The van der Waals surface area contributed by atoms with E-state index in [1.165, 1.54) is 0 Å². The van der Waals surface area contributed by atoms with Gasteiger partial charge in [-0.05, 0) is 23.7 Å². The molecule has 0 saturated heterocycles. The largest absolute Gasteiger partial charge is 0.331 e. The Morgan fingerprint density at radius 3 is 2.75 bits per heavy atom. The van der Waals surface area contributed by atoms with Gasteiger partial charge >= 0.3 is 0 Å². The second-order valence-electron chi connectivity index (χ2n) is 3.95. The minimum Gasteiger partial charge on any atom is -0.331 e. The number of hydrogen-bond acceptors (Lipinski definition) is 3. The summed E-state index contributed by atoms with van der Waals surface area (Å²) < 4.78 is 41.2. The molecule has 1 N–H and O–H groups in total. The SMILES string of the molecule is O=c1c2sccc2[nH]c(=S)n1-c1cc(F)cc(F)c1F. The molecule has 0 amide bonds. The van der Waals surface area contributed by atoms with Gasteiger partial charge < -0.3 is 4.98 Å². The summed E-state index contributed by atoms with van der Waals surface area (Å²) in [4.78, 5) is 15.0. The van der Waals surface area contributed by atoms with Crippen LogP contribution in [0.3, 0.4) is 0 Å². The maximum atomic E-state index is 13.8. The van der Waals surface area contributed by atoms with E-state index in [1.54, 1.807) is 11.4 Å². The number of nitrogens with one attached hydrogen (secondary N) is 1. The van der Waals surface area contributed by atoms with Crippen molar-refractivity contribution in [3.8, 4) is 5.69 Å². The summed E-state index contributed by atoms with van der Waals surface area (Å²) >= 11 is 6.09. The Morgan fingerprint density at radius 1 is 1.25 bits per heavy atom. The third-order valence-electron chi connectivity index (χ3n) is 2.72. The van der Waals surface area contributed by atoms with E-state index in [0.717, 1.165) is 22.0 Å². The molecule has 20 heavy (non-hydrogen) atoms. The van der Waals surface area contributed by atoms with E-state index < -0.39 is 28.7 Å². The lowest BCUT2D eigenvalue weighted by molar-refractivity contribution is 0.489. The highest BCUT2D eigenvalue weighted by atomic mass is 32.1. The van der Waals surface area contributed by atoms with Gasteiger partial charge in [-0.2, -0.15) is 0 Å². The van der Waals surface area contributed by atoms with Crippen molar-refractivity contribution in [2.24, 2.45) is 0 Å². The molecule has 0 saturated carbocycles. The molecule has 0 spiro atoms. The monoisotopic (exact) mass is 314 g/mol. The number of thiophene rings is 1. The van der Waals surface area contributed by atoms with Crippen LogP contribution in [0.5, 0.6) is 0 Å². The molecule has 2 heterocycles. The van der Waals surface area contributed by atoms with Gasteiger partial charge in [-0.1, -0.05) is 0 Å². The molecule has 3 nitrogen and oxygen atoms in total. The molecule has 0 radical (unpaired) electrons. The van der Waals surface area contributed by atoms with Gasteiger partial charge in [0.25, 0.3) is 5.56 Å². The van der Waals surface area contributed by atoms with E-state index in [9.17, 15) is 18.0 Å². The number of H-pyrrole nitrogens is 1. The molecular formula is C12H5F3N2OS2. The quantitative estimate of drug-likeness (QED) is 0.551. The molecule has 0 fully saturated rings. The van der Waals surface area contributed by atoms with Gasteiger partial charge in [0.15, 0.2) is 16.4 Å². The number of rotatable bonds is 1. The standard InChI is InChI=1S/C12H5F3N2OS2/c13-5-3-6(14)9(15)8(4-5)17-11(18)10-7(1-2-20-10)16-12(17)19/h1-4H,(H,16,19). The van der Waals surface area contributed by atoms with E-state index in [0.29, 0.717) is 16.3 Å². The Morgan fingerprint density at radius 2 is 2.00 bits per heavy atom. The number of aromatic nitrogens is 2. The van der Waals surface area contributed by atoms with Crippen molar-refractivity contribution in [1.82, 2.24) is 9.55 Å². The highest BCUT2D eigenvalue weighted by Crippen LogP contribution is 2.20. The molecule has 0 aliphatic rings. The van der Waals surface area contributed by atoms with Gasteiger partial charge in [-0.25, -0.2) is 17.7 Å². The number of benzene rings is 1. The molecule has 0 atom stereocenters. The second-order valence-corrected chi connectivity index (χ2v) is 5.26. The van der Waals surface area contributed by atoms with Crippen molar-refractivity contribution < 1.29 is 13.2 Å². The molecule has 1 aromatic carbocycles. The van der Waals surface area contributed by atoms with Crippen LogP contribution < -0.4 is 5.56 Å². The summed E-state index contributed by atoms with van der Waals surface area (Å²) in [5, 5.41) is 1.66.